The molecule has 2 heterocycles. The molecule has 0 amide bonds. The van der Waals surface area contributed by atoms with Crippen molar-refractivity contribution in [3.63, 3.8) is 0 Å². The predicted octanol–water partition coefficient (Wildman–Crippen LogP) is 4.54. The maximum Gasteiger partial charge on any atom is 0.164 e. The van der Waals surface area contributed by atoms with Gasteiger partial charge < -0.3 is 9.63 Å². The maximum absolute atomic E-state index is 14.8. The van der Waals surface area contributed by atoms with Crippen LogP contribution in [0.4, 0.5) is 13.2 Å². The van der Waals surface area contributed by atoms with Gasteiger partial charge in [-0.1, -0.05) is 17.3 Å². The van der Waals surface area contributed by atoms with E-state index in [1.807, 2.05) is 0 Å². The van der Waals surface area contributed by atoms with E-state index in [9.17, 15) is 18.3 Å². The minimum absolute atomic E-state index is 0.0862. The number of aliphatic hydroxyl groups is 1. The molecule has 30 heavy (non-hydrogen) atoms. The zero-order chi connectivity index (χ0) is 21.5. The summed E-state index contributed by atoms with van der Waals surface area (Å²) in [6.45, 7) is 3.56. The van der Waals surface area contributed by atoms with E-state index in [-0.39, 0.29) is 11.3 Å². The van der Waals surface area contributed by atoms with Gasteiger partial charge in [0, 0.05) is 30.1 Å². The fraction of sp³-hybridized carbons (Fsp3) is 0.227. The summed E-state index contributed by atoms with van der Waals surface area (Å²) in [4.78, 5) is 8.02. The van der Waals surface area contributed by atoms with Gasteiger partial charge in [-0.25, -0.2) is 13.2 Å². The largest absolute Gasteiger partial charge is 0.374 e. The number of rotatable bonds is 4. The van der Waals surface area contributed by atoms with Gasteiger partial charge in [0.25, 0.3) is 0 Å². The summed E-state index contributed by atoms with van der Waals surface area (Å²) in [7, 11) is 0. The van der Waals surface area contributed by atoms with Crippen molar-refractivity contribution in [2.75, 3.05) is 0 Å². The van der Waals surface area contributed by atoms with Crippen molar-refractivity contribution >= 4 is 5.57 Å². The second kappa shape index (κ2) is 7.53. The van der Waals surface area contributed by atoms with Crippen LogP contribution in [0.25, 0.3) is 5.57 Å². The smallest absolute Gasteiger partial charge is 0.164 e. The minimum atomic E-state index is -2.32. The third-order valence-electron chi connectivity index (χ3n) is 5.18. The Hall–Kier alpha value is -3.26. The number of benzene rings is 1. The molecule has 4 rings (SSSR count). The zero-order valence-electron chi connectivity index (χ0n) is 16.3. The van der Waals surface area contributed by atoms with Gasteiger partial charge in [-0.2, -0.15) is 0 Å². The van der Waals surface area contributed by atoms with Gasteiger partial charge in [-0.05, 0) is 37.8 Å². The van der Waals surface area contributed by atoms with Crippen LogP contribution in [-0.2, 0) is 5.60 Å². The highest BCUT2D eigenvalue weighted by molar-refractivity contribution is 5.73. The van der Waals surface area contributed by atoms with Gasteiger partial charge in [0.1, 0.15) is 23.2 Å². The molecule has 1 aromatic carbocycles. The molecule has 0 spiro atoms. The third kappa shape index (κ3) is 3.23. The molecule has 1 atom stereocenters. The summed E-state index contributed by atoms with van der Waals surface area (Å²) in [6.07, 6.45) is 8.35. The van der Waals surface area contributed by atoms with Crippen LogP contribution in [0.2, 0.25) is 0 Å². The molecule has 1 aliphatic carbocycles. The molecule has 0 radical (unpaired) electrons. The molecule has 0 aliphatic heterocycles. The molecule has 0 saturated carbocycles. The fourth-order valence-corrected chi connectivity index (χ4v) is 3.89. The standard InChI is InChI=1S/C22H18F3N3O2/c1-12-20(13(2)30-28-12)14-4-3-5-15(8-14)22(29,19-11-26-6-7-27-19)21-17(24)9-16(23)10-18(21)25/h5-11,29H,3-4H2,1-2H3. The average molecular weight is 413 g/mol. The fourth-order valence-electron chi connectivity index (χ4n) is 3.89. The molecule has 0 saturated heterocycles. The van der Waals surface area contributed by atoms with E-state index in [0.29, 0.717) is 36.4 Å². The summed E-state index contributed by atoms with van der Waals surface area (Å²) in [6, 6.07) is 1.06. The summed E-state index contributed by atoms with van der Waals surface area (Å²) < 4.78 is 48.3. The van der Waals surface area contributed by atoms with Crippen molar-refractivity contribution in [2.24, 2.45) is 0 Å². The van der Waals surface area contributed by atoms with E-state index in [1.165, 1.54) is 18.6 Å². The molecule has 2 aromatic heterocycles. The number of halogens is 3. The molecule has 1 N–H and O–H groups in total. The van der Waals surface area contributed by atoms with Crippen LogP contribution in [0.15, 0.2) is 53.0 Å². The Balaban J connectivity index is 1.96. The van der Waals surface area contributed by atoms with E-state index < -0.39 is 28.6 Å². The van der Waals surface area contributed by atoms with Gasteiger partial charge >= 0.3 is 0 Å². The van der Waals surface area contributed by atoms with E-state index in [1.54, 1.807) is 26.0 Å². The van der Waals surface area contributed by atoms with Crippen LogP contribution in [0.1, 0.15) is 41.1 Å². The van der Waals surface area contributed by atoms with Crippen LogP contribution < -0.4 is 0 Å². The summed E-state index contributed by atoms with van der Waals surface area (Å²) in [5.41, 5.74) is -0.670. The molecule has 1 aliphatic rings. The van der Waals surface area contributed by atoms with Crippen molar-refractivity contribution in [3.8, 4) is 0 Å². The normalized spacial score (nSPS) is 16.1. The molecule has 8 heteroatoms. The number of aryl methyl sites for hydroxylation is 2. The molecular weight excluding hydrogens is 395 g/mol. The molecule has 154 valence electrons. The summed E-state index contributed by atoms with van der Waals surface area (Å²) in [5.74, 6) is -2.93. The molecule has 0 fully saturated rings. The Morgan fingerprint density at radius 1 is 1.10 bits per heavy atom. The van der Waals surface area contributed by atoms with Crippen LogP contribution in [0.5, 0.6) is 0 Å². The van der Waals surface area contributed by atoms with E-state index in [0.717, 1.165) is 11.1 Å². The Bertz CT molecular complexity index is 1130. The molecular formula is C22H18F3N3O2. The Labute approximate surface area is 170 Å². The lowest BCUT2D eigenvalue weighted by Gasteiger charge is -2.32. The van der Waals surface area contributed by atoms with Crippen molar-refractivity contribution in [3.05, 3.63) is 94.2 Å². The lowest BCUT2D eigenvalue weighted by Crippen LogP contribution is -2.34. The number of aromatic nitrogens is 3. The topological polar surface area (TPSA) is 72.0 Å². The van der Waals surface area contributed by atoms with E-state index in [2.05, 4.69) is 15.1 Å². The number of nitrogens with zero attached hydrogens (tertiary/aromatic N) is 3. The van der Waals surface area contributed by atoms with E-state index in [4.69, 9.17) is 4.52 Å². The molecule has 5 nitrogen and oxygen atoms in total. The summed E-state index contributed by atoms with van der Waals surface area (Å²) >= 11 is 0. The molecule has 3 aromatic rings. The first-order chi connectivity index (χ1) is 14.3. The third-order valence-corrected chi connectivity index (χ3v) is 5.18. The summed E-state index contributed by atoms with van der Waals surface area (Å²) in [5, 5.41) is 15.7. The van der Waals surface area contributed by atoms with Crippen LogP contribution in [0.3, 0.4) is 0 Å². The number of hydrogen-bond acceptors (Lipinski definition) is 5. The monoisotopic (exact) mass is 413 g/mol. The Morgan fingerprint density at radius 3 is 2.43 bits per heavy atom. The van der Waals surface area contributed by atoms with Crippen molar-refractivity contribution < 1.29 is 22.8 Å². The highest BCUT2D eigenvalue weighted by atomic mass is 19.1. The first-order valence-corrected chi connectivity index (χ1v) is 9.30. The van der Waals surface area contributed by atoms with E-state index >= 15 is 0 Å². The van der Waals surface area contributed by atoms with Gasteiger partial charge in [0.15, 0.2) is 5.60 Å². The number of hydrogen-bond donors (Lipinski definition) is 1. The van der Waals surface area contributed by atoms with Gasteiger partial charge in [0.2, 0.25) is 0 Å². The van der Waals surface area contributed by atoms with Gasteiger partial charge in [-0.15, -0.1) is 0 Å². The van der Waals surface area contributed by atoms with Gasteiger partial charge in [-0.3, -0.25) is 9.97 Å². The first kappa shape index (κ1) is 20.0. The van der Waals surface area contributed by atoms with Crippen molar-refractivity contribution in [1.29, 1.82) is 0 Å². The molecule has 0 bridgehead atoms. The highest BCUT2D eigenvalue weighted by Crippen LogP contribution is 2.43. The van der Waals surface area contributed by atoms with Crippen LogP contribution in [-0.4, -0.2) is 20.2 Å². The van der Waals surface area contributed by atoms with Crippen molar-refractivity contribution in [1.82, 2.24) is 15.1 Å². The highest BCUT2D eigenvalue weighted by Gasteiger charge is 2.42. The minimum Gasteiger partial charge on any atom is -0.374 e. The zero-order valence-corrected chi connectivity index (χ0v) is 16.3. The second-order valence-corrected chi connectivity index (χ2v) is 7.11. The lowest BCUT2D eigenvalue weighted by molar-refractivity contribution is 0.109. The first-order valence-electron chi connectivity index (χ1n) is 9.30. The SMILES string of the molecule is Cc1noc(C)c1C1=CC(C(O)(c2cnccn2)c2c(F)cc(F)cc2F)=CCC1. The Morgan fingerprint density at radius 2 is 1.83 bits per heavy atom. The van der Waals surface area contributed by atoms with Crippen LogP contribution in [0, 0.1) is 31.3 Å². The van der Waals surface area contributed by atoms with Crippen LogP contribution >= 0.6 is 0 Å². The maximum atomic E-state index is 14.8. The quantitative estimate of drug-likeness (QED) is 0.680. The van der Waals surface area contributed by atoms with Gasteiger partial charge in [0.05, 0.1) is 23.1 Å². The predicted molar refractivity (Wildman–Crippen MR) is 103 cm³/mol. The number of allylic oxidation sites excluding steroid dienone is 2. The second-order valence-electron chi connectivity index (χ2n) is 7.11. The average Bonchev–Trinajstić information content (AvgIpc) is 3.06. The van der Waals surface area contributed by atoms with Crippen molar-refractivity contribution in [2.45, 2.75) is 32.3 Å². The Kier molecular flexibility index (Phi) is 5.03. The lowest BCUT2D eigenvalue weighted by atomic mass is 9.78. The molecule has 1 unspecified atom stereocenters.